The molecule has 3 aromatic heterocycles. The van der Waals surface area contributed by atoms with Gasteiger partial charge in [-0.1, -0.05) is 24.6 Å². The number of ether oxygens (including phenoxy) is 7. The van der Waals surface area contributed by atoms with Crippen molar-refractivity contribution in [1.29, 1.82) is 0 Å². The van der Waals surface area contributed by atoms with Gasteiger partial charge in [0, 0.05) is 60.7 Å². The van der Waals surface area contributed by atoms with Crippen molar-refractivity contribution in [2.75, 3.05) is 91.1 Å². The van der Waals surface area contributed by atoms with Crippen molar-refractivity contribution in [2.45, 2.75) is 70.9 Å². The minimum atomic E-state index is -3.98. The molecule has 2 N–H and O–H groups in total. The molecule has 0 aliphatic heterocycles. The van der Waals surface area contributed by atoms with E-state index in [4.69, 9.17) is 38.1 Å². The maximum absolute atomic E-state index is 13.8. The lowest BCUT2D eigenvalue weighted by atomic mass is 10.2. The summed E-state index contributed by atoms with van der Waals surface area (Å²) in [6.07, 6.45) is 6.91. The van der Waals surface area contributed by atoms with E-state index in [0.29, 0.717) is 121 Å². The number of aryl methyl sites for hydroxylation is 2. The molecular formula is C46H63N7O11S. The first-order valence-corrected chi connectivity index (χ1v) is 23.4. The monoisotopic (exact) mass is 921 g/mol. The van der Waals surface area contributed by atoms with Gasteiger partial charge in [-0.25, -0.2) is 17.4 Å². The van der Waals surface area contributed by atoms with Crippen molar-refractivity contribution in [3.05, 3.63) is 84.3 Å². The molecule has 5 aromatic rings. The van der Waals surface area contributed by atoms with Crippen LogP contribution in [0.4, 0.5) is 11.6 Å². The van der Waals surface area contributed by atoms with E-state index >= 15 is 0 Å². The molecule has 0 aliphatic carbocycles. The first-order chi connectivity index (χ1) is 31.3. The number of amides is 1. The highest BCUT2D eigenvalue weighted by atomic mass is 32.2. The van der Waals surface area contributed by atoms with Crippen molar-refractivity contribution in [1.82, 2.24) is 29.0 Å². The number of nitrogens with zero attached hydrogens (tertiary/aromatic N) is 5. The van der Waals surface area contributed by atoms with Gasteiger partial charge in [0.05, 0.1) is 89.5 Å². The quantitative estimate of drug-likeness (QED) is 0.0404. The third kappa shape index (κ3) is 16.9. The lowest BCUT2D eigenvalue weighted by Crippen LogP contribution is -2.27. The van der Waals surface area contributed by atoms with Crippen LogP contribution in [0.5, 0.6) is 0 Å². The normalized spacial score (nSPS) is 11.9. The van der Waals surface area contributed by atoms with Gasteiger partial charge in [0.2, 0.25) is 5.95 Å². The topological polar surface area (TPSA) is 205 Å². The van der Waals surface area contributed by atoms with Gasteiger partial charge < -0.3 is 43.8 Å². The van der Waals surface area contributed by atoms with Crippen LogP contribution < -0.4 is 10.6 Å². The molecule has 1 amide bonds. The summed E-state index contributed by atoms with van der Waals surface area (Å²) in [5.41, 5.74) is 2.98. The van der Waals surface area contributed by atoms with Gasteiger partial charge in [0.1, 0.15) is 5.60 Å². The van der Waals surface area contributed by atoms with Gasteiger partial charge in [0.15, 0.2) is 5.65 Å². The Morgan fingerprint density at radius 2 is 1.32 bits per heavy atom. The molecule has 354 valence electrons. The number of rotatable bonds is 30. The largest absolute Gasteiger partial charge is 0.460 e. The molecule has 65 heavy (non-hydrogen) atoms. The van der Waals surface area contributed by atoms with Crippen LogP contribution in [-0.4, -0.2) is 135 Å². The summed E-state index contributed by atoms with van der Waals surface area (Å²) in [5.74, 6) is -0.305. The number of hydrogen-bond donors (Lipinski definition) is 2. The Morgan fingerprint density at radius 3 is 1.91 bits per heavy atom. The Morgan fingerprint density at radius 1 is 0.738 bits per heavy atom. The zero-order valence-electron chi connectivity index (χ0n) is 38.1. The number of anilines is 2. The summed E-state index contributed by atoms with van der Waals surface area (Å²) < 4.78 is 68.9. The summed E-state index contributed by atoms with van der Waals surface area (Å²) in [4.78, 5) is 34.1. The Bertz CT molecular complexity index is 2330. The molecule has 3 heterocycles. The molecule has 18 nitrogen and oxygen atoms in total. The summed E-state index contributed by atoms with van der Waals surface area (Å²) in [5, 5.41) is 11.0. The number of esters is 1. The Balaban J connectivity index is 0.942. The van der Waals surface area contributed by atoms with Gasteiger partial charge in [-0.3, -0.25) is 14.3 Å². The molecule has 0 fully saturated rings. The highest BCUT2D eigenvalue weighted by Crippen LogP contribution is 2.31. The maximum Gasteiger partial charge on any atom is 0.306 e. The number of carbonyl (C=O) groups excluding carboxylic acids is 2. The SMILES string of the molecule is CCCn1cc(-c2nc(Nc3ccc(C(=O)NCCOCCOCCOCCOCCOCCOCCCC(=O)OC(C)(C)C)cc3)nc3c2ccn3S(=O)(=O)c2ccc(C)cc2)cn1. The molecule has 0 bridgehead atoms. The van der Waals surface area contributed by atoms with Crippen LogP contribution in [0.25, 0.3) is 22.3 Å². The summed E-state index contributed by atoms with van der Waals surface area (Å²) >= 11 is 0. The smallest absolute Gasteiger partial charge is 0.306 e. The predicted molar refractivity (Wildman–Crippen MR) is 245 cm³/mol. The van der Waals surface area contributed by atoms with Gasteiger partial charge in [-0.15, -0.1) is 0 Å². The Hall–Kier alpha value is -5.28. The van der Waals surface area contributed by atoms with Crippen LogP contribution in [0.1, 0.15) is 62.9 Å². The van der Waals surface area contributed by atoms with Gasteiger partial charge >= 0.3 is 5.97 Å². The summed E-state index contributed by atoms with van der Waals surface area (Å²) in [6.45, 7) is 15.6. The second-order valence-electron chi connectivity index (χ2n) is 15.9. The van der Waals surface area contributed by atoms with Crippen molar-refractivity contribution >= 4 is 44.6 Å². The highest BCUT2D eigenvalue weighted by molar-refractivity contribution is 7.90. The molecule has 2 aromatic carbocycles. The molecule has 0 unspecified atom stereocenters. The third-order valence-electron chi connectivity index (χ3n) is 9.33. The molecule has 0 spiro atoms. The van der Waals surface area contributed by atoms with Crippen molar-refractivity contribution in [3.63, 3.8) is 0 Å². The average Bonchev–Trinajstić information content (AvgIpc) is 3.93. The minimum Gasteiger partial charge on any atom is -0.460 e. The lowest BCUT2D eigenvalue weighted by molar-refractivity contribution is -0.155. The van der Waals surface area contributed by atoms with Crippen molar-refractivity contribution < 1.29 is 51.2 Å². The number of benzene rings is 2. The zero-order valence-corrected chi connectivity index (χ0v) is 38.9. The zero-order chi connectivity index (χ0) is 46.5. The molecule has 5 rings (SSSR count). The van der Waals surface area contributed by atoms with Gasteiger partial charge in [-0.05, 0) is 83.0 Å². The van der Waals surface area contributed by atoms with E-state index in [2.05, 4.69) is 27.6 Å². The maximum atomic E-state index is 13.8. The fraction of sp³-hybridized carbons (Fsp3) is 0.500. The number of fused-ring (bicyclic) bond motifs is 1. The van der Waals surface area contributed by atoms with Crippen molar-refractivity contribution in [2.24, 2.45) is 0 Å². The predicted octanol–water partition coefficient (Wildman–Crippen LogP) is 5.95. The number of aromatic nitrogens is 5. The van der Waals surface area contributed by atoms with E-state index < -0.39 is 15.6 Å². The fourth-order valence-electron chi connectivity index (χ4n) is 6.21. The number of hydrogen-bond acceptors (Lipinski definition) is 15. The first-order valence-electron chi connectivity index (χ1n) is 21.9. The fourth-order valence-corrected chi connectivity index (χ4v) is 7.50. The molecule has 0 aliphatic rings. The second-order valence-corrected chi connectivity index (χ2v) is 17.7. The van der Waals surface area contributed by atoms with Crippen LogP contribution in [0.3, 0.4) is 0 Å². The third-order valence-corrected chi connectivity index (χ3v) is 11.0. The Kier molecular flexibility index (Phi) is 20.3. The molecular weight excluding hydrogens is 859 g/mol. The van der Waals surface area contributed by atoms with Crippen LogP contribution in [-0.2, 0) is 54.5 Å². The van der Waals surface area contributed by atoms with Crippen LogP contribution >= 0.6 is 0 Å². The number of nitrogens with one attached hydrogen (secondary N) is 2. The van der Waals surface area contributed by atoms with Gasteiger partial charge in [-0.2, -0.15) is 10.1 Å². The highest BCUT2D eigenvalue weighted by Gasteiger charge is 2.23. The van der Waals surface area contributed by atoms with E-state index in [1.165, 1.54) is 10.2 Å². The van der Waals surface area contributed by atoms with Crippen LogP contribution in [0.2, 0.25) is 0 Å². The molecule has 19 heteroatoms. The van der Waals surface area contributed by atoms with Crippen molar-refractivity contribution in [3.8, 4) is 11.3 Å². The van der Waals surface area contributed by atoms with E-state index in [1.807, 2.05) is 38.6 Å². The summed E-state index contributed by atoms with van der Waals surface area (Å²) in [7, 11) is -3.98. The minimum absolute atomic E-state index is 0.141. The molecule has 0 atom stereocenters. The van der Waals surface area contributed by atoms with Crippen LogP contribution in [0, 0.1) is 6.92 Å². The average molecular weight is 922 g/mol. The van der Waals surface area contributed by atoms with E-state index in [9.17, 15) is 18.0 Å². The summed E-state index contributed by atoms with van der Waals surface area (Å²) in [6, 6.07) is 15.2. The van der Waals surface area contributed by atoms with Gasteiger partial charge in [0.25, 0.3) is 15.9 Å². The molecule has 0 saturated carbocycles. The van der Waals surface area contributed by atoms with Crippen LogP contribution in [0.15, 0.2) is 78.1 Å². The molecule has 0 saturated heterocycles. The second kappa shape index (κ2) is 26.0. The lowest BCUT2D eigenvalue weighted by Gasteiger charge is -2.19. The molecule has 0 radical (unpaired) electrons. The first kappa shape index (κ1) is 50.7. The van der Waals surface area contributed by atoms with E-state index in [0.717, 1.165) is 24.1 Å². The number of carbonyl (C=O) groups is 2. The standard InChI is InChI=1S/C46H63N7O11S/c1-6-19-52-34-37(33-48-52)42-40-17-20-53(65(56,57)39-15-9-35(2)10-16-39)43(40)51-45(50-42)49-38-13-11-36(12-14-38)44(55)47-18-22-59-24-26-61-28-30-63-32-31-62-29-27-60-25-23-58-21-7-8-41(54)64-46(3,4)5/h9-17,20,33-34H,6-8,18-19,21-32H2,1-5H3,(H,47,55)(H,49,50,51). The Labute approximate surface area is 381 Å². The van der Waals surface area contributed by atoms with E-state index in [-0.39, 0.29) is 28.4 Å². The van der Waals surface area contributed by atoms with E-state index in [1.54, 1.807) is 60.8 Å².